The molecule has 2 aliphatic heterocycles. The Balaban J connectivity index is 1.72. The Hall–Kier alpha value is -1.59. The predicted molar refractivity (Wildman–Crippen MR) is 78.9 cm³/mol. The molecule has 2 fully saturated rings. The molecule has 3 N–H and O–H groups in total. The largest absolute Gasteiger partial charge is 0.392 e. The van der Waals surface area contributed by atoms with Crippen LogP contribution in [0.5, 0.6) is 0 Å². The third-order valence-corrected chi connectivity index (χ3v) is 4.03. The quantitative estimate of drug-likeness (QED) is 0.768. The van der Waals surface area contributed by atoms with E-state index in [9.17, 15) is 9.90 Å². The van der Waals surface area contributed by atoms with Crippen molar-refractivity contribution < 1.29 is 9.90 Å². The molecule has 2 saturated heterocycles. The maximum Gasteiger partial charge on any atom is 0.241 e. The molecule has 1 aromatic carbocycles. The summed E-state index contributed by atoms with van der Waals surface area (Å²) in [4.78, 5) is 14.5. The van der Waals surface area contributed by atoms with Crippen molar-refractivity contribution in [1.82, 2.24) is 5.32 Å². The fourth-order valence-corrected chi connectivity index (χ4v) is 2.95. The van der Waals surface area contributed by atoms with Gasteiger partial charge in [0.1, 0.15) is 0 Å². The predicted octanol–water partition coefficient (Wildman–Crippen LogP) is 0.948. The molecule has 108 valence electrons. The normalized spacial score (nSPS) is 25.9. The molecule has 0 aromatic heterocycles. The second-order valence-corrected chi connectivity index (χ2v) is 5.55. The van der Waals surface area contributed by atoms with Gasteiger partial charge in [-0.3, -0.25) is 4.79 Å². The third kappa shape index (κ3) is 2.78. The van der Waals surface area contributed by atoms with Crippen LogP contribution in [0, 0.1) is 0 Å². The zero-order valence-corrected chi connectivity index (χ0v) is 11.5. The highest BCUT2D eigenvalue weighted by Gasteiger charge is 2.28. The number of nitrogens with one attached hydrogen (secondary N) is 2. The van der Waals surface area contributed by atoms with Crippen molar-refractivity contribution >= 4 is 17.3 Å². The van der Waals surface area contributed by atoms with Crippen LogP contribution >= 0.6 is 0 Å². The van der Waals surface area contributed by atoms with Gasteiger partial charge in [-0.25, -0.2) is 0 Å². The summed E-state index contributed by atoms with van der Waals surface area (Å²) in [5.74, 6) is -0.0619. The molecule has 2 heterocycles. The van der Waals surface area contributed by atoms with Gasteiger partial charge in [-0.05, 0) is 31.4 Å². The fourth-order valence-electron chi connectivity index (χ4n) is 2.95. The van der Waals surface area contributed by atoms with Gasteiger partial charge in [0.05, 0.1) is 23.5 Å². The lowest BCUT2D eigenvalue weighted by Gasteiger charge is -2.22. The minimum Gasteiger partial charge on any atom is -0.392 e. The molecular formula is C15H21N3O2. The highest BCUT2D eigenvalue weighted by atomic mass is 16.3. The minimum atomic E-state index is -0.417. The van der Waals surface area contributed by atoms with E-state index in [2.05, 4.69) is 21.6 Å². The van der Waals surface area contributed by atoms with Gasteiger partial charge in [-0.2, -0.15) is 0 Å². The Labute approximate surface area is 119 Å². The van der Waals surface area contributed by atoms with E-state index in [1.165, 1.54) is 12.8 Å². The molecule has 0 bridgehead atoms. The van der Waals surface area contributed by atoms with Crippen LogP contribution in [0.4, 0.5) is 11.4 Å². The number of β-amino-alcohol motifs (C(OH)–C–C–N with tert-alkyl or cyclic N) is 1. The van der Waals surface area contributed by atoms with Gasteiger partial charge < -0.3 is 20.6 Å². The second-order valence-electron chi connectivity index (χ2n) is 5.55. The first-order valence-corrected chi connectivity index (χ1v) is 7.30. The van der Waals surface area contributed by atoms with Crippen LogP contribution in [-0.2, 0) is 4.79 Å². The van der Waals surface area contributed by atoms with Crippen LogP contribution in [0.2, 0.25) is 0 Å². The number of aliphatic hydroxyl groups is 1. The number of hydrogen-bond acceptors (Lipinski definition) is 4. The highest BCUT2D eigenvalue weighted by molar-refractivity contribution is 5.98. The summed E-state index contributed by atoms with van der Waals surface area (Å²) in [5, 5.41) is 15.5. The molecule has 0 radical (unpaired) electrons. The van der Waals surface area contributed by atoms with Crippen LogP contribution in [0.25, 0.3) is 0 Å². The number of hydrogen-bond donors (Lipinski definition) is 3. The summed E-state index contributed by atoms with van der Waals surface area (Å²) < 4.78 is 0. The zero-order valence-electron chi connectivity index (χ0n) is 11.5. The highest BCUT2D eigenvalue weighted by Crippen LogP contribution is 2.28. The van der Waals surface area contributed by atoms with Gasteiger partial charge in [0.25, 0.3) is 0 Å². The van der Waals surface area contributed by atoms with Gasteiger partial charge in [0.2, 0.25) is 5.91 Å². The monoisotopic (exact) mass is 275 g/mol. The van der Waals surface area contributed by atoms with Crippen molar-refractivity contribution in [2.75, 3.05) is 29.9 Å². The molecule has 1 aromatic rings. The molecule has 5 nitrogen and oxygen atoms in total. The summed E-state index contributed by atoms with van der Waals surface area (Å²) >= 11 is 0. The molecule has 2 unspecified atom stereocenters. The number of amides is 1. The summed E-state index contributed by atoms with van der Waals surface area (Å²) in [6.45, 7) is 2.59. The van der Waals surface area contributed by atoms with E-state index >= 15 is 0 Å². The van der Waals surface area contributed by atoms with Crippen molar-refractivity contribution in [1.29, 1.82) is 0 Å². The third-order valence-electron chi connectivity index (χ3n) is 4.03. The van der Waals surface area contributed by atoms with Crippen molar-refractivity contribution in [3.8, 4) is 0 Å². The van der Waals surface area contributed by atoms with Crippen molar-refractivity contribution in [2.24, 2.45) is 0 Å². The lowest BCUT2D eigenvalue weighted by Crippen LogP contribution is -2.36. The number of rotatable bonds is 3. The summed E-state index contributed by atoms with van der Waals surface area (Å²) in [6, 6.07) is 7.64. The number of anilines is 2. The molecule has 0 saturated carbocycles. The number of para-hydroxylation sites is 2. The maximum absolute atomic E-state index is 12.2. The van der Waals surface area contributed by atoms with Gasteiger partial charge in [0.15, 0.2) is 0 Å². The Morgan fingerprint density at radius 3 is 2.75 bits per heavy atom. The van der Waals surface area contributed by atoms with E-state index in [0.29, 0.717) is 13.0 Å². The zero-order chi connectivity index (χ0) is 13.9. The van der Waals surface area contributed by atoms with Crippen molar-refractivity contribution in [2.45, 2.75) is 31.4 Å². The molecular weight excluding hydrogens is 254 g/mol. The van der Waals surface area contributed by atoms with Gasteiger partial charge in [-0.1, -0.05) is 12.1 Å². The molecule has 20 heavy (non-hydrogen) atoms. The first kappa shape index (κ1) is 13.4. The summed E-state index contributed by atoms with van der Waals surface area (Å²) in [5.41, 5.74) is 1.96. The lowest BCUT2D eigenvalue weighted by molar-refractivity contribution is -0.117. The van der Waals surface area contributed by atoms with Crippen molar-refractivity contribution in [3.05, 3.63) is 24.3 Å². The average molecular weight is 275 g/mol. The van der Waals surface area contributed by atoms with E-state index in [1.807, 2.05) is 18.2 Å². The van der Waals surface area contributed by atoms with Crippen LogP contribution in [0.3, 0.4) is 0 Å². The van der Waals surface area contributed by atoms with Crippen LogP contribution in [0.15, 0.2) is 24.3 Å². The van der Waals surface area contributed by atoms with Gasteiger partial charge in [-0.15, -0.1) is 0 Å². The number of carbonyl (C=O) groups excluding carboxylic acids is 1. The standard InChI is InChI=1S/C15H21N3O2/c19-11-9-13(16-10-11)15(20)17-12-5-1-2-6-14(12)18-7-3-4-8-18/h1-2,5-6,11,13,16,19H,3-4,7-10H2,(H,17,20). The molecule has 1 amide bonds. The van der Waals surface area contributed by atoms with E-state index in [1.54, 1.807) is 0 Å². The van der Waals surface area contributed by atoms with E-state index in [4.69, 9.17) is 0 Å². The minimum absolute atomic E-state index is 0.0619. The van der Waals surface area contributed by atoms with Gasteiger partial charge in [0, 0.05) is 19.6 Å². The molecule has 2 aliphatic rings. The molecule has 0 spiro atoms. The number of benzene rings is 1. The van der Waals surface area contributed by atoms with E-state index in [0.717, 1.165) is 24.5 Å². The molecule has 0 aliphatic carbocycles. The molecule has 3 rings (SSSR count). The van der Waals surface area contributed by atoms with Gasteiger partial charge >= 0.3 is 0 Å². The Kier molecular flexibility index (Phi) is 3.89. The number of nitrogens with zero attached hydrogens (tertiary/aromatic N) is 1. The summed E-state index contributed by atoms with van der Waals surface area (Å²) in [6.07, 6.45) is 2.48. The lowest BCUT2D eigenvalue weighted by atomic mass is 10.1. The van der Waals surface area contributed by atoms with Crippen LogP contribution < -0.4 is 15.5 Å². The summed E-state index contributed by atoms with van der Waals surface area (Å²) in [7, 11) is 0. The van der Waals surface area contributed by atoms with E-state index < -0.39 is 6.10 Å². The first-order chi connectivity index (χ1) is 9.74. The van der Waals surface area contributed by atoms with E-state index in [-0.39, 0.29) is 11.9 Å². The number of carbonyl (C=O) groups is 1. The topological polar surface area (TPSA) is 64.6 Å². The van der Waals surface area contributed by atoms with Crippen LogP contribution in [-0.4, -0.2) is 42.8 Å². The Morgan fingerprint density at radius 2 is 2.05 bits per heavy atom. The second kappa shape index (κ2) is 5.81. The smallest absolute Gasteiger partial charge is 0.241 e. The number of aliphatic hydroxyl groups excluding tert-OH is 1. The van der Waals surface area contributed by atoms with Crippen molar-refractivity contribution in [3.63, 3.8) is 0 Å². The first-order valence-electron chi connectivity index (χ1n) is 7.30. The SMILES string of the molecule is O=C(Nc1ccccc1N1CCCC1)C1CC(O)CN1. The molecule has 2 atom stereocenters. The van der Waals surface area contributed by atoms with Crippen LogP contribution in [0.1, 0.15) is 19.3 Å². The Morgan fingerprint density at radius 1 is 1.30 bits per heavy atom. The average Bonchev–Trinajstić information content (AvgIpc) is 3.10. The molecule has 5 heteroatoms. The Bertz CT molecular complexity index is 486. The maximum atomic E-state index is 12.2. The fraction of sp³-hybridized carbons (Fsp3) is 0.533.